The van der Waals surface area contributed by atoms with E-state index in [1.165, 1.54) is 18.3 Å². The molecule has 0 spiro atoms. The van der Waals surface area contributed by atoms with Crippen molar-refractivity contribution in [3.63, 3.8) is 0 Å². The molecular formula is C20H18BrN3O2S. The first-order chi connectivity index (χ1) is 13.0. The molecule has 0 radical (unpaired) electrons. The van der Waals surface area contributed by atoms with E-state index in [1.807, 2.05) is 53.9 Å². The van der Waals surface area contributed by atoms with Crippen molar-refractivity contribution in [1.29, 1.82) is 0 Å². The van der Waals surface area contributed by atoms with Crippen LogP contribution in [0.3, 0.4) is 0 Å². The van der Waals surface area contributed by atoms with Crippen LogP contribution in [0.5, 0.6) is 0 Å². The largest absolute Gasteiger partial charge is 0.352 e. The predicted octanol–water partition coefficient (Wildman–Crippen LogP) is 4.39. The minimum absolute atomic E-state index is 0.0536. The van der Waals surface area contributed by atoms with Gasteiger partial charge in [-0.25, -0.2) is 4.98 Å². The molecule has 2 N–H and O–H groups in total. The molecule has 0 aliphatic rings. The average Bonchev–Trinajstić information content (AvgIpc) is 3.10. The number of thiazole rings is 1. The van der Waals surface area contributed by atoms with E-state index in [9.17, 15) is 9.59 Å². The fraction of sp³-hybridized carbons (Fsp3) is 0.150. The molecule has 3 aromatic rings. The number of benzene rings is 2. The maximum Gasteiger partial charge on any atom is 0.230 e. The van der Waals surface area contributed by atoms with E-state index in [0.717, 1.165) is 26.9 Å². The molecule has 7 heteroatoms. The molecule has 0 unspecified atom stereocenters. The van der Waals surface area contributed by atoms with Crippen LogP contribution < -0.4 is 10.6 Å². The molecule has 1 aromatic heterocycles. The lowest BCUT2D eigenvalue weighted by Crippen LogP contribution is -2.18. The van der Waals surface area contributed by atoms with Crippen LogP contribution in [0.4, 0.5) is 5.13 Å². The summed E-state index contributed by atoms with van der Waals surface area (Å²) in [5, 5.41) is 8.11. The number of amides is 2. The number of carbonyl (C=O) groups is 2. The summed E-state index contributed by atoms with van der Waals surface area (Å²) < 4.78 is 0.985. The van der Waals surface area contributed by atoms with Crippen molar-refractivity contribution in [2.45, 2.75) is 19.9 Å². The van der Waals surface area contributed by atoms with Crippen LogP contribution >= 0.6 is 27.3 Å². The number of carbonyl (C=O) groups excluding carboxylic acids is 2. The second-order valence-electron chi connectivity index (χ2n) is 6.00. The van der Waals surface area contributed by atoms with Crippen LogP contribution in [-0.4, -0.2) is 16.8 Å². The minimum Gasteiger partial charge on any atom is -0.352 e. The summed E-state index contributed by atoms with van der Waals surface area (Å²) in [4.78, 5) is 27.7. The molecule has 2 aromatic carbocycles. The molecule has 0 saturated carbocycles. The zero-order valence-electron chi connectivity index (χ0n) is 14.7. The first kappa shape index (κ1) is 19.3. The smallest absolute Gasteiger partial charge is 0.230 e. The second kappa shape index (κ2) is 8.92. The Morgan fingerprint density at radius 1 is 1.04 bits per heavy atom. The van der Waals surface area contributed by atoms with E-state index in [1.54, 1.807) is 0 Å². The third-order valence-electron chi connectivity index (χ3n) is 3.82. The number of hydrogen-bond acceptors (Lipinski definition) is 4. The van der Waals surface area contributed by atoms with E-state index in [4.69, 9.17) is 0 Å². The summed E-state index contributed by atoms with van der Waals surface area (Å²) in [5.74, 6) is -0.147. The standard InChI is InChI=1S/C20H18BrN3O2S/c1-13(25)22-11-15-2-6-16(7-3-15)18-12-27-20(23-18)24-19(26)10-14-4-8-17(21)9-5-14/h2-9,12H,10-11H2,1H3,(H,22,25)(H,23,24,26). The summed E-state index contributed by atoms with van der Waals surface area (Å²) in [5.41, 5.74) is 3.74. The Morgan fingerprint density at radius 3 is 2.37 bits per heavy atom. The first-order valence-corrected chi connectivity index (χ1v) is 10.0. The number of anilines is 1. The first-order valence-electron chi connectivity index (χ1n) is 8.33. The molecule has 3 rings (SSSR count). The van der Waals surface area contributed by atoms with Gasteiger partial charge in [-0.3, -0.25) is 9.59 Å². The summed E-state index contributed by atoms with van der Waals surface area (Å²) in [7, 11) is 0. The monoisotopic (exact) mass is 443 g/mol. The molecule has 0 saturated heterocycles. The van der Waals surface area contributed by atoms with E-state index < -0.39 is 0 Å². The number of halogens is 1. The zero-order valence-corrected chi connectivity index (χ0v) is 17.1. The van der Waals surface area contributed by atoms with Gasteiger partial charge in [0.05, 0.1) is 12.1 Å². The van der Waals surface area contributed by atoms with Gasteiger partial charge in [-0.2, -0.15) is 0 Å². The number of aromatic nitrogens is 1. The van der Waals surface area contributed by atoms with Crippen molar-refractivity contribution in [1.82, 2.24) is 10.3 Å². The van der Waals surface area contributed by atoms with Crippen LogP contribution in [0.15, 0.2) is 58.4 Å². The fourth-order valence-electron chi connectivity index (χ4n) is 2.43. The Kier molecular flexibility index (Phi) is 6.36. The second-order valence-corrected chi connectivity index (χ2v) is 7.77. The van der Waals surface area contributed by atoms with Gasteiger partial charge >= 0.3 is 0 Å². The van der Waals surface area contributed by atoms with Gasteiger partial charge in [0, 0.05) is 28.9 Å². The van der Waals surface area contributed by atoms with E-state index in [0.29, 0.717) is 18.1 Å². The van der Waals surface area contributed by atoms with Crippen LogP contribution in [0.1, 0.15) is 18.1 Å². The third kappa shape index (κ3) is 5.74. The maximum atomic E-state index is 12.2. The molecule has 1 heterocycles. The van der Waals surface area contributed by atoms with E-state index in [-0.39, 0.29) is 11.8 Å². The van der Waals surface area contributed by atoms with Gasteiger partial charge in [0.25, 0.3) is 0 Å². The number of rotatable bonds is 6. The topological polar surface area (TPSA) is 71.1 Å². The normalized spacial score (nSPS) is 10.4. The van der Waals surface area contributed by atoms with Gasteiger partial charge in [-0.1, -0.05) is 52.3 Å². The molecule has 5 nitrogen and oxygen atoms in total. The number of nitrogens with one attached hydrogen (secondary N) is 2. The molecule has 27 heavy (non-hydrogen) atoms. The molecule has 0 aliphatic heterocycles. The van der Waals surface area contributed by atoms with Crippen LogP contribution in [-0.2, 0) is 22.6 Å². The molecule has 2 amide bonds. The van der Waals surface area contributed by atoms with Gasteiger partial charge in [0.1, 0.15) is 0 Å². The molecule has 0 bridgehead atoms. The highest BCUT2D eigenvalue weighted by molar-refractivity contribution is 9.10. The van der Waals surface area contributed by atoms with Gasteiger partial charge in [-0.15, -0.1) is 11.3 Å². The van der Waals surface area contributed by atoms with Crippen LogP contribution in [0.25, 0.3) is 11.3 Å². The SMILES string of the molecule is CC(=O)NCc1ccc(-c2csc(NC(=O)Cc3ccc(Br)cc3)n2)cc1. The molecule has 0 atom stereocenters. The highest BCUT2D eigenvalue weighted by atomic mass is 79.9. The Balaban J connectivity index is 1.59. The van der Waals surface area contributed by atoms with Gasteiger partial charge in [0.15, 0.2) is 5.13 Å². The van der Waals surface area contributed by atoms with Crippen molar-refractivity contribution in [2.75, 3.05) is 5.32 Å². The summed E-state index contributed by atoms with van der Waals surface area (Å²) in [6.07, 6.45) is 0.306. The van der Waals surface area contributed by atoms with Gasteiger partial charge in [0.2, 0.25) is 11.8 Å². The third-order valence-corrected chi connectivity index (χ3v) is 5.11. The Morgan fingerprint density at radius 2 is 1.70 bits per heavy atom. The average molecular weight is 444 g/mol. The molecular weight excluding hydrogens is 426 g/mol. The minimum atomic E-state index is -0.0936. The van der Waals surface area contributed by atoms with Crippen molar-refractivity contribution >= 4 is 44.2 Å². The van der Waals surface area contributed by atoms with Gasteiger partial charge in [-0.05, 0) is 23.3 Å². The Hall–Kier alpha value is -2.51. The lowest BCUT2D eigenvalue weighted by atomic mass is 10.1. The molecule has 0 fully saturated rings. The highest BCUT2D eigenvalue weighted by Crippen LogP contribution is 2.25. The number of nitrogens with zero attached hydrogens (tertiary/aromatic N) is 1. The lowest BCUT2D eigenvalue weighted by molar-refractivity contribution is -0.119. The quantitative estimate of drug-likeness (QED) is 0.593. The Bertz CT molecular complexity index is 937. The summed E-state index contributed by atoms with van der Waals surface area (Å²) in [6.45, 7) is 2.00. The van der Waals surface area contributed by atoms with Crippen molar-refractivity contribution in [3.8, 4) is 11.3 Å². The van der Waals surface area contributed by atoms with Crippen LogP contribution in [0, 0.1) is 0 Å². The van der Waals surface area contributed by atoms with E-state index in [2.05, 4.69) is 31.5 Å². The predicted molar refractivity (Wildman–Crippen MR) is 112 cm³/mol. The molecule has 138 valence electrons. The lowest BCUT2D eigenvalue weighted by Gasteiger charge is -2.04. The van der Waals surface area contributed by atoms with Crippen molar-refractivity contribution in [2.24, 2.45) is 0 Å². The zero-order chi connectivity index (χ0) is 19.2. The van der Waals surface area contributed by atoms with Crippen LogP contribution in [0.2, 0.25) is 0 Å². The summed E-state index contributed by atoms with van der Waals surface area (Å²) in [6, 6.07) is 15.5. The molecule has 0 aliphatic carbocycles. The van der Waals surface area contributed by atoms with Crippen molar-refractivity contribution < 1.29 is 9.59 Å². The van der Waals surface area contributed by atoms with Gasteiger partial charge < -0.3 is 10.6 Å². The Labute approximate surface area is 170 Å². The number of hydrogen-bond donors (Lipinski definition) is 2. The highest BCUT2D eigenvalue weighted by Gasteiger charge is 2.09. The van der Waals surface area contributed by atoms with E-state index >= 15 is 0 Å². The maximum absolute atomic E-state index is 12.2. The summed E-state index contributed by atoms with van der Waals surface area (Å²) >= 11 is 4.78. The van der Waals surface area contributed by atoms with Crippen molar-refractivity contribution in [3.05, 3.63) is 69.5 Å². The fourth-order valence-corrected chi connectivity index (χ4v) is 3.43.